The molecule has 1 heterocycles. The van der Waals surface area contributed by atoms with Crippen LogP contribution in [0.2, 0.25) is 0 Å². The molecule has 0 amide bonds. The Morgan fingerprint density at radius 1 is 1.00 bits per heavy atom. The van der Waals surface area contributed by atoms with E-state index in [1.165, 1.54) is 0 Å². The monoisotopic (exact) mass is 251 g/mol. The Kier molecular flexibility index (Phi) is 2.60. The number of fused-ring (bicyclic) bond motifs is 1. The van der Waals surface area contributed by atoms with Crippen LogP contribution in [0.1, 0.15) is 5.69 Å². The molecule has 0 aliphatic heterocycles. The van der Waals surface area contributed by atoms with Crippen LogP contribution in [-0.4, -0.2) is 9.67 Å². The quantitative estimate of drug-likeness (QED) is 0.722. The van der Waals surface area contributed by atoms with Gasteiger partial charge in [-0.1, -0.05) is 18.2 Å². The molecule has 19 heavy (non-hydrogen) atoms. The van der Waals surface area contributed by atoms with Gasteiger partial charge in [0, 0.05) is 16.8 Å². The zero-order valence-electron chi connectivity index (χ0n) is 10.5. The van der Waals surface area contributed by atoms with Crippen molar-refractivity contribution in [1.29, 1.82) is 0 Å². The fourth-order valence-corrected chi connectivity index (χ4v) is 2.31. The molecule has 3 heteroatoms. The van der Waals surface area contributed by atoms with E-state index >= 15 is 0 Å². The van der Waals surface area contributed by atoms with Crippen LogP contribution >= 0.6 is 0 Å². The van der Waals surface area contributed by atoms with Gasteiger partial charge in [-0.2, -0.15) is 0 Å². The van der Waals surface area contributed by atoms with Gasteiger partial charge in [0.05, 0.1) is 0 Å². The second-order valence-electron chi connectivity index (χ2n) is 4.53. The Balaban J connectivity index is 2.35. The van der Waals surface area contributed by atoms with Crippen LogP contribution in [0.4, 0.5) is 0 Å². The van der Waals surface area contributed by atoms with Crippen LogP contribution in [0.5, 0.6) is 5.75 Å². The maximum Gasteiger partial charge on any atom is 0.263 e. The predicted octanol–water partition coefficient (Wildman–Crippen LogP) is 3.00. The van der Waals surface area contributed by atoms with Crippen molar-refractivity contribution in [3.05, 3.63) is 70.6 Å². The van der Waals surface area contributed by atoms with Gasteiger partial charge in [0.2, 0.25) is 0 Å². The minimum Gasteiger partial charge on any atom is -0.508 e. The number of aromatic nitrogens is 1. The molecule has 1 N–H and O–H groups in total. The molecular weight excluding hydrogens is 238 g/mol. The number of rotatable bonds is 1. The summed E-state index contributed by atoms with van der Waals surface area (Å²) >= 11 is 0. The van der Waals surface area contributed by atoms with Crippen molar-refractivity contribution in [3.63, 3.8) is 0 Å². The smallest absolute Gasteiger partial charge is 0.263 e. The average molecular weight is 251 g/mol. The van der Waals surface area contributed by atoms with Crippen LogP contribution in [0, 0.1) is 6.92 Å². The highest BCUT2D eigenvalue weighted by molar-refractivity contribution is 5.82. The standard InChI is InChI=1S/C16H13NO2/c1-11-10-12-4-2-3-5-15(12)16(19)17(11)13-6-8-14(18)9-7-13/h2-10,18H,1H3. The Hall–Kier alpha value is -2.55. The first-order chi connectivity index (χ1) is 9.16. The van der Waals surface area contributed by atoms with Crippen molar-refractivity contribution in [2.45, 2.75) is 6.92 Å². The molecule has 0 saturated carbocycles. The number of hydrogen-bond acceptors (Lipinski definition) is 2. The average Bonchev–Trinajstić information content (AvgIpc) is 2.41. The highest BCUT2D eigenvalue weighted by atomic mass is 16.3. The lowest BCUT2D eigenvalue weighted by Gasteiger charge is -2.11. The second kappa shape index (κ2) is 4.28. The summed E-state index contributed by atoms with van der Waals surface area (Å²) in [7, 11) is 0. The van der Waals surface area contributed by atoms with Crippen molar-refractivity contribution in [3.8, 4) is 11.4 Å². The first kappa shape index (κ1) is 11.5. The zero-order valence-corrected chi connectivity index (χ0v) is 10.5. The molecule has 0 aliphatic carbocycles. The van der Waals surface area contributed by atoms with Gasteiger partial charge in [-0.05, 0) is 48.7 Å². The lowest BCUT2D eigenvalue weighted by Crippen LogP contribution is -2.20. The van der Waals surface area contributed by atoms with Gasteiger partial charge in [-0.25, -0.2) is 0 Å². The van der Waals surface area contributed by atoms with Crippen LogP contribution in [0.3, 0.4) is 0 Å². The molecule has 2 aromatic carbocycles. The van der Waals surface area contributed by atoms with Gasteiger partial charge in [-0.3, -0.25) is 9.36 Å². The molecule has 0 atom stereocenters. The number of benzene rings is 2. The number of pyridine rings is 1. The molecule has 3 rings (SSSR count). The largest absolute Gasteiger partial charge is 0.508 e. The van der Waals surface area contributed by atoms with Crippen LogP contribution in [0.25, 0.3) is 16.5 Å². The van der Waals surface area contributed by atoms with Gasteiger partial charge in [0.1, 0.15) is 5.75 Å². The van der Waals surface area contributed by atoms with Crippen molar-refractivity contribution in [2.75, 3.05) is 0 Å². The van der Waals surface area contributed by atoms with Gasteiger partial charge < -0.3 is 5.11 Å². The van der Waals surface area contributed by atoms with E-state index in [2.05, 4.69) is 0 Å². The summed E-state index contributed by atoms with van der Waals surface area (Å²) in [5.41, 5.74) is 1.58. The number of nitrogens with zero attached hydrogens (tertiary/aromatic N) is 1. The van der Waals surface area contributed by atoms with E-state index in [0.29, 0.717) is 5.39 Å². The van der Waals surface area contributed by atoms with Crippen molar-refractivity contribution in [2.24, 2.45) is 0 Å². The molecule has 0 radical (unpaired) electrons. The Labute approximate surface area is 110 Å². The number of aromatic hydroxyl groups is 1. The molecule has 3 nitrogen and oxygen atoms in total. The molecular formula is C16H13NO2. The van der Waals surface area contributed by atoms with E-state index in [-0.39, 0.29) is 11.3 Å². The summed E-state index contributed by atoms with van der Waals surface area (Å²) in [4.78, 5) is 12.5. The SMILES string of the molecule is Cc1cc2ccccc2c(=O)n1-c1ccc(O)cc1. The zero-order chi connectivity index (χ0) is 13.4. The summed E-state index contributed by atoms with van der Waals surface area (Å²) in [5.74, 6) is 0.190. The molecule has 0 aliphatic rings. The first-order valence-electron chi connectivity index (χ1n) is 6.07. The van der Waals surface area contributed by atoms with Crippen molar-refractivity contribution >= 4 is 10.8 Å². The van der Waals surface area contributed by atoms with Crippen LogP contribution in [0.15, 0.2) is 59.4 Å². The first-order valence-corrected chi connectivity index (χ1v) is 6.07. The highest BCUT2D eigenvalue weighted by Crippen LogP contribution is 2.17. The molecule has 0 fully saturated rings. The number of hydrogen-bond donors (Lipinski definition) is 1. The summed E-state index contributed by atoms with van der Waals surface area (Å²) in [6, 6.07) is 16.2. The highest BCUT2D eigenvalue weighted by Gasteiger charge is 2.07. The lowest BCUT2D eigenvalue weighted by atomic mass is 10.1. The Morgan fingerprint density at radius 2 is 1.68 bits per heavy atom. The lowest BCUT2D eigenvalue weighted by molar-refractivity contribution is 0.475. The summed E-state index contributed by atoms with van der Waals surface area (Å²) in [5, 5.41) is 11.0. The maximum atomic E-state index is 12.5. The summed E-state index contributed by atoms with van der Waals surface area (Å²) in [6.45, 7) is 1.90. The van der Waals surface area contributed by atoms with E-state index in [4.69, 9.17) is 0 Å². The maximum absolute atomic E-state index is 12.5. The van der Waals surface area contributed by atoms with Crippen molar-refractivity contribution < 1.29 is 5.11 Å². The number of phenols is 1. The number of aryl methyl sites for hydroxylation is 1. The van der Waals surface area contributed by atoms with Gasteiger partial charge in [-0.15, -0.1) is 0 Å². The summed E-state index contributed by atoms with van der Waals surface area (Å²) < 4.78 is 1.65. The van der Waals surface area contributed by atoms with Gasteiger partial charge in [0.25, 0.3) is 5.56 Å². The van der Waals surface area contributed by atoms with E-state index in [9.17, 15) is 9.90 Å². The number of phenolic OH excluding ortho intramolecular Hbond substituents is 1. The van der Waals surface area contributed by atoms with E-state index in [1.54, 1.807) is 28.8 Å². The molecule has 3 aromatic rings. The third kappa shape index (κ3) is 1.89. The molecule has 0 unspecified atom stereocenters. The summed E-state index contributed by atoms with van der Waals surface area (Å²) in [6.07, 6.45) is 0. The van der Waals surface area contributed by atoms with Gasteiger partial charge >= 0.3 is 0 Å². The molecule has 0 bridgehead atoms. The molecule has 0 spiro atoms. The topological polar surface area (TPSA) is 42.2 Å². The van der Waals surface area contributed by atoms with Gasteiger partial charge in [0.15, 0.2) is 0 Å². The third-order valence-corrected chi connectivity index (χ3v) is 3.22. The van der Waals surface area contributed by atoms with E-state index in [0.717, 1.165) is 16.8 Å². The second-order valence-corrected chi connectivity index (χ2v) is 4.53. The fourth-order valence-electron chi connectivity index (χ4n) is 2.31. The van der Waals surface area contributed by atoms with Crippen LogP contribution < -0.4 is 5.56 Å². The van der Waals surface area contributed by atoms with Crippen LogP contribution in [-0.2, 0) is 0 Å². The fraction of sp³-hybridized carbons (Fsp3) is 0.0625. The molecule has 94 valence electrons. The Bertz CT molecular complexity index is 801. The molecule has 1 aromatic heterocycles. The minimum absolute atomic E-state index is 0.0405. The third-order valence-electron chi connectivity index (χ3n) is 3.22. The Morgan fingerprint density at radius 3 is 2.42 bits per heavy atom. The normalized spacial score (nSPS) is 10.8. The van der Waals surface area contributed by atoms with Crippen molar-refractivity contribution in [1.82, 2.24) is 4.57 Å². The minimum atomic E-state index is -0.0405. The van der Waals surface area contributed by atoms with E-state index < -0.39 is 0 Å². The van der Waals surface area contributed by atoms with E-state index in [1.807, 2.05) is 37.3 Å². The molecule has 0 saturated heterocycles. The predicted molar refractivity (Wildman–Crippen MR) is 75.9 cm³/mol.